The summed E-state index contributed by atoms with van der Waals surface area (Å²) in [5.74, 6) is 1.82. The molecule has 2 heterocycles. The molecule has 0 spiro atoms. The second-order valence-corrected chi connectivity index (χ2v) is 4.19. The molecular formula is C10H10O2S2. The maximum Gasteiger partial charge on any atom is 0.137 e. The highest BCUT2D eigenvalue weighted by Crippen LogP contribution is 2.40. The van der Waals surface area contributed by atoms with Crippen molar-refractivity contribution in [2.75, 3.05) is 14.2 Å². The maximum atomic E-state index is 5.27. The molecule has 0 amide bonds. The van der Waals surface area contributed by atoms with Crippen molar-refractivity contribution in [3.05, 3.63) is 21.5 Å². The fourth-order valence-electron chi connectivity index (χ4n) is 1.28. The van der Waals surface area contributed by atoms with E-state index in [2.05, 4.69) is 10.8 Å². The molecule has 2 aromatic rings. The van der Waals surface area contributed by atoms with Crippen molar-refractivity contribution in [3.8, 4) is 22.6 Å². The fraction of sp³-hybridized carbons (Fsp3) is 0.200. The normalized spacial score (nSPS) is 10.1. The molecule has 14 heavy (non-hydrogen) atoms. The average Bonchev–Trinajstić information content (AvgIpc) is 2.85. The summed E-state index contributed by atoms with van der Waals surface area (Å²) in [6, 6.07) is 0. The van der Waals surface area contributed by atoms with Gasteiger partial charge in [-0.05, 0) is 0 Å². The van der Waals surface area contributed by atoms with E-state index in [1.807, 2.05) is 10.8 Å². The van der Waals surface area contributed by atoms with Crippen LogP contribution in [0.5, 0.6) is 11.5 Å². The highest BCUT2D eigenvalue weighted by atomic mass is 32.1. The molecule has 0 N–H and O–H groups in total. The molecular weight excluding hydrogens is 216 g/mol. The summed E-state index contributed by atoms with van der Waals surface area (Å²) in [6.45, 7) is 0. The van der Waals surface area contributed by atoms with Crippen LogP contribution in [0, 0.1) is 0 Å². The molecule has 2 aromatic heterocycles. The predicted molar refractivity (Wildman–Crippen MR) is 60.7 cm³/mol. The summed E-state index contributed by atoms with van der Waals surface area (Å²) in [5, 5.41) is 8.13. The zero-order valence-corrected chi connectivity index (χ0v) is 9.58. The Labute approximate surface area is 90.7 Å². The first kappa shape index (κ1) is 9.55. The molecule has 0 unspecified atom stereocenters. The second kappa shape index (κ2) is 4.02. The van der Waals surface area contributed by atoms with E-state index in [1.165, 1.54) is 0 Å². The van der Waals surface area contributed by atoms with E-state index in [4.69, 9.17) is 9.47 Å². The standard InChI is InChI=1S/C10H10O2S2/c1-11-9-5-13-3-7(9)8-4-14-6-10(8)12-2/h3-6H,1-2H3. The van der Waals surface area contributed by atoms with Gasteiger partial charge in [-0.15, -0.1) is 22.7 Å². The number of hydrogen-bond donors (Lipinski definition) is 0. The Bertz CT molecular complexity index is 377. The van der Waals surface area contributed by atoms with Crippen LogP contribution in [-0.2, 0) is 0 Å². The minimum absolute atomic E-state index is 0.909. The zero-order valence-electron chi connectivity index (χ0n) is 7.94. The first-order valence-corrected chi connectivity index (χ1v) is 5.96. The molecule has 0 radical (unpaired) electrons. The van der Waals surface area contributed by atoms with Crippen molar-refractivity contribution in [2.45, 2.75) is 0 Å². The summed E-state index contributed by atoms with van der Waals surface area (Å²) < 4.78 is 10.5. The minimum atomic E-state index is 0.909. The van der Waals surface area contributed by atoms with E-state index < -0.39 is 0 Å². The summed E-state index contributed by atoms with van der Waals surface area (Å²) >= 11 is 3.26. The fourth-order valence-corrected chi connectivity index (χ4v) is 2.87. The molecule has 0 aromatic carbocycles. The third-order valence-electron chi connectivity index (χ3n) is 1.98. The Hall–Kier alpha value is -1.00. The molecule has 2 rings (SSSR count). The molecule has 0 saturated heterocycles. The van der Waals surface area contributed by atoms with Gasteiger partial charge in [-0.3, -0.25) is 0 Å². The van der Waals surface area contributed by atoms with Crippen molar-refractivity contribution in [3.63, 3.8) is 0 Å². The smallest absolute Gasteiger partial charge is 0.137 e. The molecule has 0 atom stereocenters. The molecule has 0 saturated carbocycles. The van der Waals surface area contributed by atoms with Crippen LogP contribution in [0.15, 0.2) is 21.5 Å². The van der Waals surface area contributed by atoms with Crippen molar-refractivity contribution in [2.24, 2.45) is 0 Å². The molecule has 0 aliphatic rings. The largest absolute Gasteiger partial charge is 0.495 e. The topological polar surface area (TPSA) is 18.5 Å². The lowest BCUT2D eigenvalue weighted by Crippen LogP contribution is -1.85. The third-order valence-corrected chi connectivity index (χ3v) is 3.43. The van der Waals surface area contributed by atoms with E-state index in [-0.39, 0.29) is 0 Å². The van der Waals surface area contributed by atoms with Gasteiger partial charge < -0.3 is 9.47 Å². The van der Waals surface area contributed by atoms with E-state index in [0.717, 1.165) is 22.6 Å². The summed E-state index contributed by atoms with van der Waals surface area (Å²) in [7, 11) is 3.37. The van der Waals surface area contributed by atoms with Gasteiger partial charge >= 0.3 is 0 Å². The monoisotopic (exact) mass is 226 g/mol. The van der Waals surface area contributed by atoms with E-state index in [9.17, 15) is 0 Å². The molecule has 0 fully saturated rings. The Morgan fingerprint density at radius 1 is 0.786 bits per heavy atom. The first-order valence-electron chi connectivity index (χ1n) is 4.07. The molecule has 0 aliphatic heterocycles. The Kier molecular flexibility index (Phi) is 2.74. The van der Waals surface area contributed by atoms with Gasteiger partial charge in [-0.2, -0.15) is 0 Å². The SMILES string of the molecule is COc1cscc1-c1cscc1OC. The van der Waals surface area contributed by atoms with Crippen LogP contribution >= 0.6 is 22.7 Å². The maximum absolute atomic E-state index is 5.27. The highest BCUT2D eigenvalue weighted by molar-refractivity contribution is 7.09. The number of thiophene rings is 2. The van der Waals surface area contributed by atoms with Crippen LogP contribution in [0.25, 0.3) is 11.1 Å². The molecule has 0 aliphatic carbocycles. The van der Waals surface area contributed by atoms with Gasteiger partial charge in [-0.1, -0.05) is 0 Å². The number of methoxy groups -OCH3 is 2. The quantitative estimate of drug-likeness (QED) is 0.797. The Balaban J connectivity index is 2.48. The Morgan fingerprint density at radius 2 is 1.21 bits per heavy atom. The lowest BCUT2D eigenvalue weighted by atomic mass is 10.1. The second-order valence-electron chi connectivity index (χ2n) is 2.71. The summed E-state index contributed by atoms with van der Waals surface area (Å²) in [4.78, 5) is 0. The first-order chi connectivity index (χ1) is 6.86. The lowest BCUT2D eigenvalue weighted by Gasteiger charge is -2.03. The van der Waals surface area contributed by atoms with Gasteiger partial charge in [-0.25, -0.2) is 0 Å². The van der Waals surface area contributed by atoms with Crippen molar-refractivity contribution < 1.29 is 9.47 Å². The minimum Gasteiger partial charge on any atom is -0.495 e. The summed E-state index contributed by atoms with van der Waals surface area (Å²) in [6.07, 6.45) is 0. The lowest BCUT2D eigenvalue weighted by molar-refractivity contribution is 0.412. The zero-order chi connectivity index (χ0) is 9.97. The van der Waals surface area contributed by atoms with Gasteiger partial charge in [0.2, 0.25) is 0 Å². The molecule has 2 nitrogen and oxygen atoms in total. The van der Waals surface area contributed by atoms with E-state index >= 15 is 0 Å². The van der Waals surface area contributed by atoms with E-state index in [0.29, 0.717) is 0 Å². The van der Waals surface area contributed by atoms with Crippen LogP contribution in [0.2, 0.25) is 0 Å². The number of hydrogen-bond acceptors (Lipinski definition) is 4. The third kappa shape index (κ3) is 1.51. The van der Waals surface area contributed by atoms with Gasteiger partial charge in [0.25, 0.3) is 0 Å². The van der Waals surface area contributed by atoms with Gasteiger partial charge in [0.05, 0.1) is 14.2 Å². The van der Waals surface area contributed by atoms with Crippen LogP contribution < -0.4 is 9.47 Å². The van der Waals surface area contributed by atoms with Crippen molar-refractivity contribution in [1.29, 1.82) is 0 Å². The van der Waals surface area contributed by atoms with Crippen molar-refractivity contribution >= 4 is 22.7 Å². The van der Waals surface area contributed by atoms with Crippen LogP contribution in [0.4, 0.5) is 0 Å². The van der Waals surface area contributed by atoms with Crippen molar-refractivity contribution in [1.82, 2.24) is 0 Å². The van der Waals surface area contributed by atoms with Crippen LogP contribution in [0.1, 0.15) is 0 Å². The molecule has 74 valence electrons. The summed E-state index contributed by atoms with van der Waals surface area (Å²) in [5.41, 5.74) is 2.21. The number of rotatable bonds is 3. The molecule has 4 heteroatoms. The Morgan fingerprint density at radius 3 is 1.57 bits per heavy atom. The predicted octanol–water partition coefficient (Wildman–Crippen LogP) is 3.49. The van der Waals surface area contributed by atoms with Crippen LogP contribution in [-0.4, -0.2) is 14.2 Å². The van der Waals surface area contributed by atoms with E-state index in [1.54, 1.807) is 36.9 Å². The van der Waals surface area contributed by atoms with Gasteiger partial charge in [0.1, 0.15) is 11.5 Å². The van der Waals surface area contributed by atoms with Crippen LogP contribution in [0.3, 0.4) is 0 Å². The number of ether oxygens (including phenoxy) is 2. The average molecular weight is 226 g/mol. The van der Waals surface area contributed by atoms with Gasteiger partial charge in [0.15, 0.2) is 0 Å². The molecule has 0 bridgehead atoms. The van der Waals surface area contributed by atoms with Gasteiger partial charge in [0, 0.05) is 32.6 Å². The highest BCUT2D eigenvalue weighted by Gasteiger charge is 2.12.